The van der Waals surface area contributed by atoms with E-state index in [1.54, 1.807) is 0 Å². The van der Waals surface area contributed by atoms with Crippen LogP contribution in [0.2, 0.25) is 0 Å². The molecule has 1 aromatic heterocycles. The molecule has 0 unspecified atom stereocenters. The second-order valence-electron chi connectivity index (χ2n) is 5.15. The summed E-state index contributed by atoms with van der Waals surface area (Å²) < 4.78 is 0. The third kappa shape index (κ3) is 4.39. The first-order valence-corrected chi connectivity index (χ1v) is 8.43. The molecule has 118 valence electrons. The maximum Gasteiger partial charge on any atom is 0.347 e. The summed E-state index contributed by atoms with van der Waals surface area (Å²) in [7, 11) is 0. The number of likely N-dealkylation sites (N-methyl/N-ethyl adjacent to an activating group) is 1. The van der Waals surface area contributed by atoms with Crippen molar-refractivity contribution >= 4 is 17.3 Å². The Bertz CT molecular complexity index is 610. The van der Waals surface area contributed by atoms with Crippen molar-refractivity contribution in [2.24, 2.45) is 0 Å². The van der Waals surface area contributed by atoms with Crippen molar-refractivity contribution in [3.05, 3.63) is 51.5 Å². The van der Waals surface area contributed by atoms with Crippen LogP contribution >= 0.6 is 11.3 Å². The fourth-order valence-corrected chi connectivity index (χ4v) is 3.34. The van der Waals surface area contributed by atoms with Crippen molar-refractivity contribution in [2.75, 3.05) is 13.1 Å². The van der Waals surface area contributed by atoms with E-state index < -0.39 is 5.97 Å². The lowest BCUT2D eigenvalue weighted by atomic mass is 10.2. The largest absolute Gasteiger partial charge is 0.477 e. The molecule has 1 aromatic carbocycles. The summed E-state index contributed by atoms with van der Waals surface area (Å²) in [6.07, 6.45) is 1.46. The summed E-state index contributed by atoms with van der Waals surface area (Å²) in [6, 6.07) is 10.4. The van der Waals surface area contributed by atoms with Gasteiger partial charge in [0, 0.05) is 19.5 Å². The standard InChI is InChI=1S/C17H22N2O2S/c1-3-14-16(17(20)21)22-15(18-14)10-11-19(4-2)12-13-8-6-5-7-9-13/h5-9H,3-4,10-12H2,1-2H3,(H,20,21). The maximum absolute atomic E-state index is 11.2. The number of aryl methyl sites for hydroxylation is 1. The third-order valence-corrected chi connectivity index (χ3v) is 4.75. The summed E-state index contributed by atoms with van der Waals surface area (Å²) >= 11 is 1.31. The van der Waals surface area contributed by atoms with Crippen LogP contribution in [0.3, 0.4) is 0 Å². The predicted molar refractivity (Wildman–Crippen MR) is 89.5 cm³/mol. The quantitative estimate of drug-likeness (QED) is 0.810. The van der Waals surface area contributed by atoms with Gasteiger partial charge in [0.2, 0.25) is 0 Å². The van der Waals surface area contributed by atoms with Gasteiger partial charge < -0.3 is 5.11 Å². The van der Waals surface area contributed by atoms with Crippen LogP contribution in [0.5, 0.6) is 0 Å². The van der Waals surface area contributed by atoms with Crippen molar-refractivity contribution in [1.29, 1.82) is 0 Å². The van der Waals surface area contributed by atoms with Gasteiger partial charge in [-0.25, -0.2) is 9.78 Å². The normalized spacial score (nSPS) is 11.0. The van der Waals surface area contributed by atoms with Crippen LogP contribution in [0.15, 0.2) is 30.3 Å². The summed E-state index contributed by atoms with van der Waals surface area (Å²) in [5, 5.41) is 10.1. The van der Waals surface area contributed by atoms with Crippen molar-refractivity contribution in [3.63, 3.8) is 0 Å². The molecule has 2 aromatic rings. The molecular formula is C17H22N2O2S. The minimum atomic E-state index is -0.864. The van der Waals surface area contributed by atoms with Crippen LogP contribution in [-0.2, 0) is 19.4 Å². The number of benzene rings is 1. The first kappa shape index (κ1) is 16.6. The SMILES string of the molecule is CCc1nc(CCN(CC)Cc2ccccc2)sc1C(=O)O. The zero-order valence-electron chi connectivity index (χ0n) is 13.1. The van der Waals surface area contributed by atoms with Gasteiger partial charge in [-0.1, -0.05) is 44.2 Å². The predicted octanol–water partition coefficient (Wildman–Crippen LogP) is 3.47. The van der Waals surface area contributed by atoms with Crippen molar-refractivity contribution in [2.45, 2.75) is 33.2 Å². The molecule has 0 aliphatic rings. The summed E-state index contributed by atoms with van der Waals surface area (Å²) in [5.41, 5.74) is 2.00. The monoisotopic (exact) mass is 318 g/mol. The molecule has 1 N–H and O–H groups in total. The van der Waals surface area contributed by atoms with Crippen molar-refractivity contribution in [1.82, 2.24) is 9.88 Å². The van der Waals surface area contributed by atoms with Gasteiger partial charge in [0.05, 0.1) is 10.7 Å². The zero-order chi connectivity index (χ0) is 15.9. The number of aromatic carboxylic acids is 1. The van der Waals surface area contributed by atoms with Crippen LogP contribution in [0.1, 0.15) is 39.8 Å². The lowest BCUT2D eigenvalue weighted by molar-refractivity contribution is 0.0701. The van der Waals surface area contributed by atoms with E-state index in [2.05, 4.69) is 41.1 Å². The van der Waals surface area contributed by atoms with Crippen LogP contribution < -0.4 is 0 Å². The van der Waals surface area contributed by atoms with E-state index in [1.807, 2.05) is 13.0 Å². The molecule has 22 heavy (non-hydrogen) atoms. The molecule has 0 atom stereocenters. The number of carbonyl (C=O) groups is 1. The van der Waals surface area contributed by atoms with Crippen LogP contribution in [-0.4, -0.2) is 34.0 Å². The first-order chi connectivity index (χ1) is 10.6. The molecule has 0 bridgehead atoms. The summed E-state index contributed by atoms with van der Waals surface area (Å²) in [4.78, 5) is 18.4. The Hall–Kier alpha value is -1.72. The van der Waals surface area contributed by atoms with Gasteiger partial charge in [0.15, 0.2) is 0 Å². The maximum atomic E-state index is 11.2. The second kappa shape index (κ2) is 8.06. The summed E-state index contributed by atoms with van der Waals surface area (Å²) in [5.74, 6) is -0.864. The minimum absolute atomic E-state index is 0.392. The Kier molecular flexibility index (Phi) is 6.10. The summed E-state index contributed by atoms with van der Waals surface area (Å²) in [6.45, 7) is 6.85. The van der Waals surface area contributed by atoms with Gasteiger partial charge in [-0.2, -0.15) is 0 Å². The highest BCUT2D eigenvalue weighted by Gasteiger charge is 2.16. The number of hydrogen-bond donors (Lipinski definition) is 1. The average molecular weight is 318 g/mol. The molecule has 0 spiro atoms. The molecule has 0 saturated heterocycles. The molecule has 0 amide bonds. The molecule has 2 rings (SSSR count). The van der Waals surface area contributed by atoms with Crippen molar-refractivity contribution in [3.8, 4) is 0 Å². The Morgan fingerprint density at radius 2 is 2.00 bits per heavy atom. The number of thiazole rings is 1. The number of hydrogen-bond acceptors (Lipinski definition) is 4. The molecule has 5 heteroatoms. The van der Waals surface area contributed by atoms with E-state index in [0.29, 0.717) is 17.0 Å². The lowest BCUT2D eigenvalue weighted by Gasteiger charge is -2.19. The van der Waals surface area contributed by atoms with E-state index in [-0.39, 0.29) is 0 Å². The van der Waals surface area contributed by atoms with Crippen LogP contribution in [0.25, 0.3) is 0 Å². The van der Waals surface area contributed by atoms with Crippen LogP contribution in [0.4, 0.5) is 0 Å². The molecule has 0 aliphatic carbocycles. The molecule has 0 aliphatic heterocycles. The smallest absolute Gasteiger partial charge is 0.347 e. The topological polar surface area (TPSA) is 53.4 Å². The minimum Gasteiger partial charge on any atom is -0.477 e. The Morgan fingerprint density at radius 3 is 2.55 bits per heavy atom. The number of carboxylic acid groups (broad SMARTS) is 1. The zero-order valence-corrected chi connectivity index (χ0v) is 13.9. The van der Waals surface area contributed by atoms with Gasteiger partial charge in [-0.3, -0.25) is 4.90 Å². The fraction of sp³-hybridized carbons (Fsp3) is 0.412. The highest BCUT2D eigenvalue weighted by molar-refractivity contribution is 7.13. The molecule has 0 saturated carbocycles. The number of rotatable bonds is 8. The number of aromatic nitrogens is 1. The van der Waals surface area contributed by atoms with E-state index in [4.69, 9.17) is 0 Å². The Morgan fingerprint density at radius 1 is 1.27 bits per heavy atom. The van der Waals surface area contributed by atoms with Gasteiger partial charge in [-0.05, 0) is 18.5 Å². The highest BCUT2D eigenvalue weighted by atomic mass is 32.1. The van der Waals surface area contributed by atoms with Crippen molar-refractivity contribution < 1.29 is 9.90 Å². The van der Waals surface area contributed by atoms with Gasteiger partial charge in [0.1, 0.15) is 4.88 Å². The highest BCUT2D eigenvalue weighted by Crippen LogP contribution is 2.20. The van der Waals surface area contributed by atoms with Crippen LogP contribution in [0, 0.1) is 0 Å². The third-order valence-electron chi connectivity index (χ3n) is 3.61. The van der Waals surface area contributed by atoms with Gasteiger partial charge >= 0.3 is 5.97 Å². The van der Waals surface area contributed by atoms with Gasteiger partial charge in [-0.15, -0.1) is 11.3 Å². The number of nitrogens with zero attached hydrogens (tertiary/aromatic N) is 2. The fourth-order valence-electron chi connectivity index (χ4n) is 2.36. The van der Waals surface area contributed by atoms with E-state index in [9.17, 15) is 9.90 Å². The molecular weight excluding hydrogens is 296 g/mol. The number of carboxylic acids is 1. The Balaban J connectivity index is 1.97. The molecule has 0 fully saturated rings. The second-order valence-corrected chi connectivity index (χ2v) is 6.23. The van der Waals surface area contributed by atoms with E-state index in [1.165, 1.54) is 16.9 Å². The van der Waals surface area contributed by atoms with Gasteiger partial charge in [0.25, 0.3) is 0 Å². The molecule has 0 radical (unpaired) electrons. The van der Waals surface area contributed by atoms with E-state index >= 15 is 0 Å². The van der Waals surface area contributed by atoms with E-state index in [0.717, 1.165) is 31.1 Å². The first-order valence-electron chi connectivity index (χ1n) is 7.62. The Labute approximate surface area is 135 Å². The lowest BCUT2D eigenvalue weighted by Crippen LogP contribution is -2.25. The molecule has 1 heterocycles. The molecule has 4 nitrogen and oxygen atoms in total. The average Bonchev–Trinajstić information content (AvgIpc) is 2.96.